The van der Waals surface area contributed by atoms with E-state index in [1.807, 2.05) is 0 Å². The molecule has 114 valence electrons. The lowest BCUT2D eigenvalue weighted by Gasteiger charge is -2.38. The minimum Gasteiger partial charge on any atom is -0.395 e. The standard InChI is InChI=1S/C15H33N3O/c1-4-7-16-15(13-19)6-8-17-9-11-18(12-10-17)14(3)5-2/h14-16,19H,4-13H2,1-3H3. The van der Waals surface area contributed by atoms with Gasteiger partial charge in [-0.1, -0.05) is 13.8 Å². The molecule has 1 fully saturated rings. The van der Waals surface area contributed by atoms with E-state index in [1.54, 1.807) is 0 Å². The monoisotopic (exact) mass is 271 g/mol. The molecule has 1 heterocycles. The van der Waals surface area contributed by atoms with E-state index in [1.165, 1.54) is 32.6 Å². The molecule has 2 unspecified atom stereocenters. The Kier molecular flexibility index (Phi) is 8.62. The van der Waals surface area contributed by atoms with Gasteiger partial charge in [-0.15, -0.1) is 0 Å². The summed E-state index contributed by atoms with van der Waals surface area (Å²) in [6, 6.07) is 0.992. The van der Waals surface area contributed by atoms with Crippen LogP contribution in [0.5, 0.6) is 0 Å². The summed E-state index contributed by atoms with van der Waals surface area (Å²) in [7, 11) is 0. The second-order valence-electron chi connectivity index (χ2n) is 5.76. The highest BCUT2D eigenvalue weighted by atomic mass is 16.3. The fraction of sp³-hybridized carbons (Fsp3) is 1.00. The third-order valence-electron chi connectivity index (χ3n) is 4.32. The fourth-order valence-electron chi connectivity index (χ4n) is 2.63. The van der Waals surface area contributed by atoms with E-state index < -0.39 is 0 Å². The largest absolute Gasteiger partial charge is 0.395 e. The van der Waals surface area contributed by atoms with Crippen molar-refractivity contribution >= 4 is 0 Å². The van der Waals surface area contributed by atoms with Gasteiger partial charge < -0.3 is 15.3 Å². The summed E-state index contributed by atoms with van der Waals surface area (Å²) in [5.74, 6) is 0. The molecule has 0 aromatic heterocycles. The van der Waals surface area contributed by atoms with Gasteiger partial charge in [-0.05, 0) is 39.3 Å². The topological polar surface area (TPSA) is 38.7 Å². The van der Waals surface area contributed by atoms with Crippen molar-refractivity contribution in [2.45, 2.75) is 52.1 Å². The zero-order valence-corrected chi connectivity index (χ0v) is 13.1. The lowest BCUT2D eigenvalue weighted by atomic mass is 10.1. The summed E-state index contributed by atoms with van der Waals surface area (Å²) in [6.45, 7) is 13.9. The van der Waals surface area contributed by atoms with E-state index in [4.69, 9.17) is 0 Å². The Morgan fingerprint density at radius 3 is 2.37 bits per heavy atom. The third kappa shape index (κ3) is 6.21. The second kappa shape index (κ2) is 9.70. The maximum absolute atomic E-state index is 9.34. The zero-order chi connectivity index (χ0) is 14.1. The first-order chi connectivity index (χ1) is 9.21. The van der Waals surface area contributed by atoms with Crippen molar-refractivity contribution in [1.82, 2.24) is 15.1 Å². The number of nitrogens with zero attached hydrogens (tertiary/aromatic N) is 2. The smallest absolute Gasteiger partial charge is 0.0585 e. The van der Waals surface area contributed by atoms with Crippen LogP contribution >= 0.6 is 0 Å². The highest BCUT2D eigenvalue weighted by Gasteiger charge is 2.20. The summed E-state index contributed by atoms with van der Waals surface area (Å²) in [4.78, 5) is 5.13. The highest BCUT2D eigenvalue weighted by molar-refractivity contribution is 4.77. The minimum absolute atomic E-state index is 0.257. The highest BCUT2D eigenvalue weighted by Crippen LogP contribution is 2.09. The van der Waals surface area contributed by atoms with E-state index in [0.717, 1.165) is 32.0 Å². The van der Waals surface area contributed by atoms with Gasteiger partial charge in [0.1, 0.15) is 0 Å². The summed E-state index contributed by atoms with van der Waals surface area (Å²) in [5.41, 5.74) is 0. The second-order valence-corrected chi connectivity index (χ2v) is 5.76. The van der Waals surface area contributed by atoms with Crippen LogP contribution in [-0.4, -0.2) is 72.9 Å². The lowest BCUT2D eigenvalue weighted by Crippen LogP contribution is -2.50. The Hall–Kier alpha value is -0.160. The van der Waals surface area contributed by atoms with Crippen molar-refractivity contribution in [2.24, 2.45) is 0 Å². The van der Waals surface area contributed by atoms with Gasteiger partial charge in [0.25, 0.3) is 0 Å². The predicted molar refractivity (Wildman–Crippen MR) is 81.6 cm³/mol. The van der Waals surface area contributed by atoms with Gasteiger partial charge in [-0.25, -0.2) is 0 Å². The number of hydrogen-bond acceptors (Lipinski definition) is 4. The van der Waals surface area contributed by atoms with Crippen molar-refractivity contribution in [3.8, 4) is 0 Å². The first-order valence-electron chi connectivity index (χ1n) is 8.01. The lowest BCUT2D eigenvalue weighted by molar-refractivity contribution is 0.0953. The molecule has 0 radical (unpaired) electrons. The van der Waals surface area contributed by atoms with Crippen molar-refractivity contribution in [3.05, 3.63) is 0 Å². The number of piperazine rings is 1. The van der Waals surface area contributed by atoms with E-state index in [-0.39, 0.29) is 12.6 Å². The van der Waals surface area contributed by atoms with Crippen LogP contribution in [0, 0.1) is 0 Å². The van der Waals surface area contributed by atoms with Crippen molar-refractivity contribution in [1.29, 1.82) is 0 Å². The molecule has 1 aliphatic heterocycles. The average Bonchev–Trinajstić information content (AvgIpc) is 2.47. The van der Waals surface area contributed by atoms with Crippen LogP contribution < -0.4 is 5.32 Å². The molecule has 0 bridgehead atoms. The molecule has 0 aromatic rings. The molecule has 0 spiro atoms. The van der Waals surface area contributed by atoms with E-state index in [0.29, 0.717) is 0 Å². The molecule has 19 heavy (non-hydrogen) atoms. The van der Waals surface area contributed by atoms with Crippen molar-refractivity contribution in [3.63, 3.8) is 0 Å². The quantitative estimate of drug-likeness (QED) is 0.660. The number of rotatable bonds is 9. The molecular weight excluding hydrogens is 238 g/mol. The molecule has 2 N–H and O–H groups in total. The first-order valence-corrected chi connectivity index (χ1v) is 8.01. The third-order valence-corrected chi connectivity index (χ3v) is 4.32. The number of nitrogens with one attached hydrogen (secondary N) is 1. The van der Waals surface area contributed by atoms with E-state index in [2.05, 4.69) is 35.9 Å². The van der Waals surface area contributed by atoms with E-state index >= 15 is 0 Å². The van der Waals surface area contributed by atoms with Crippen molar-refractivity contribution < 1.29 is 5.11 Å². The molecular formula is C15H33N3O. The van der Waals surface area contributed by atoms with Gasteiger partial charge in [-0.3, -0.25) is 4.90 Å². The molecule has 0 aliphatic carbocycles. The molecule has 1 rings (SSSR count). The summed E-state index contributed by atoms with van der Waals surface area (Å²) >= 11 is 0. The van der Waals surface area contributed by atoms with Crippen LogP contribution in [0.4, 0.5) is 0 Å². The van der Waals surface area contributed by atoms with E-state index in [9.17, 15) is 5.11 Å². The Balaban J connectivity index is 2.18. The van der Waals surface area contributed by atoms with Crippen LogP contribution in [0.25, 0.3) is 0 Å². The molecule has 1 saturated heterocycles. The van der Waals surface area contributed by atoms with Gasteiger partial charge in [-0.2, -0.15) is 0 Å². The Bertz CT molecular complexity index is 217. The van der Waals surface area contributed by atoms with Crippen molar-refractivity contribution in [2.75, 3.05) is 45.9 Å². The molecule has 4 heteroatoms. The molecule has 2 atom stereocenters. The number of aliphatic hydroxyl groups is 1. The van der Waals surface area contributed by atoms with Crippen LogP contribution in [0.3, 0.4) is 0 Å². The normalized spacial score (nSPS) is 21.5. The fourth-order valence-corrected chi connectivity index (χ4v) is 2.63. The van der Waals surface area contributed by atoms with Gasteiger partial charge in [0.15, 0.2) is 0 Å². The molecule has 0 aromatic carbocycles. The van der Waals surface area contributed by atoms with Crippen LogP contribution in [0.15, 0.2) is 0 Å². The number of aliphatic hydroxyl groups excluding tert-OH is 1. The Labute approximate surface area is 119 Å². The summed E-state index contributed by atoms with van der Waals surface area (Å²) < 4.78 is 0. The molecule has 4 nitrogen and oxygen atoms in total. The van der Waals surface area contributed by atoms with Gasteiger partial charge >= 0.3 is 0 Å². The maximum Gasteiger partial charge on any atom is 0.0585 e. The summed E-state index contributed by atoms with van der Waals surface area (Å²) in [5, 5.41) is 12.7. The number of hydrogen-bond donors (Lipinski definition) is 2. The minimum atomic E-state index is 0.257. The predicted octanol–water partition coefficient (Wildman–Crippen LogP) is 1.15. The Morgan fingerprint density at radius 1 is 1.16 bits per heavy atom. The first kappa shape index (κ1) is 16.9. The van der Waals surface area contributed by atoms with Crippen LogP contribution in [0.2, 0.25) is 0 Å². The maximum atomic E-state index is 9.34. The molecule has 0 saturated carbocycles. The molecule has 1 aliphatic rings. The van der Waals surface area contributed by atoms with Gasteiger partial charge in [0.05, 0.1) is 6.61 Å². The van der Waals surface area contributed by atoms with Gasteiger partial charge in [0.2, 0.25) is 0 Å². The average molecular weight is 271 g/mol. The Morgan fingerprint density at radius 2 is 1.84 bits per heavy atom. The van der Waals surface area contributed by atoms with Crippen LogP contribution in [-0.2, 0) is 0 Å². The molecule has 0 amide bonds. The zero-order valence-electron chi connectivity index (χ0n) is 13.1. The SMILES string of the molecule is CCCNC(CO)CCN1CCN(C(C)CC)CC1. The van der Waals surface area contributed by atoms with Crippen LogP contribution in [0.1, 0.15) is 40.0 Å². The summed E-state index contributed by atoms with van der Waals surface area (Å²) in [6.07, 6.45) is 3.43. The van der Waals surface area contributed by atoms with Gasteiger partial charge in [0, 0.05) is 38.3 Å².